The molecular formula is C22H25NO3. The Kier molecular flexibility index (Phi) is 5.40. The van der Waals surface area contributed by atoms with Gasteiger partial charge in [-0.3, -0.25) is 0 Å². The van der Waals surface area contributed by atoms with Crippen LogP contribution >= 0.6 is 0 Å². The Balaban J connectivity index is 1.75. The van der Waals surface area contributed by atoms with Crippen LogP contribution in [0.15, 0.2) is 39.2 Å². The van der Waals surface area contributed by atoms with Gasteiger partial charge in [0.1, 0.15) is 23.6 Å². The Hall–Kier alpha value is -2.62. The fourth-order valence-electron chi connectivity index (χ4n) is 3.06. The number of furan rings is 1. The molecule has 26 heavy (non-hydrogen) atoms. The van der Waals surface area contributed by atoms with Gasteiger partial charge in [0.25, 0.3) is 0 Å². The van der Waals surface area contributed by atoms with E-state index in [1.807, 2.05) is 6.92 Å². The number of carbonyl (C=O) groups excluding carboxylic acids is 1. The first-order valence-corrected chi connectivity index (χ1v) is 9.06. The second kappa shape index (κ2) is 7.73. The summed E-state index contributed by atoms with van der Waals surface area (Å²) < 4.78 is 11.7. The number of aromatic nitrogens is 1. The van der Waals surface area contributed by atoms with E-state index in [0.29, 0.717) is 18.1 Å². The van der Waals surface area contributed by atoms with E-state index in [9.17, 15) is 4.79 Å². The van der Waals surface area contributed by atoms with Crippen LogP contribution in [-0.2, 0) is 24.1 Å². The van der Waals surface area contributed by atoms with Crippen molar-refractivity contribution in [2.45, 2.75) is 52.9 Å². The molecule has 3 aromatic rings. The van der Waals surface area contributed by atoms with E-state index in [4.69, 9.17) is 8.83 Å². The number of carbonyl (C=O) groups is 1. The van der Waals surface area contributed by atoms with Gasteiger partial charge in [0.2, 0.25) is 0 Å². The van der Waals surface area contributed by atoms with E-state index < -0.39 is 0 Å². The van der Waals surface area contributed by atoms with Crippen molar-refractivity contribution in [2.24, 2.45) is 0 Å². The summed E-state index contributed by atoms with van der Waals surface area (Å²) in [6, 6.07) is 10.4. The molecule has 0 N–H and O–H groups in total. The second-order valence-corrected chi connectivity index (χ2v) is 7.00. The molecule has 2 aromatic heterocycles. The Bertz CT molecular complexity index is 885. The molecule has 0 saturated heterocycles. The Morgan fingerprint density at radius 3 is 2.46 bits per heavy atom. The Morgan fingerprint density at radius 1 is 1.08 bits per heavy atom. The highest BCUT2D eigenvalue weighted by atomic mass is 16.4. The van der Waals surface area contributed by atoms with Gasteiger partial charge in [0, 0.05) is 12.0 Å². The molecule has 136 valence electrons. The van der Waals surface area contributed by atoms with Crippen molar-refractivity contribution in [3.05, 3.63) is 64.6 Å². The van der Waals surface area contributed by atoms with Gasteiger partial charge in [0.05, 0.1) is 12.1 Å². The molecule has 0 radical (unpaired) electrons. The topological polar surface area (TPSA) is 56.2 Å². The van der Waals surface area contributed by atoms with E-state index in [2.05, 4.69) is 56.1 Å². The molecule has 0 aliphatic heterocycles. The van der Waals surface area contributed by atoms with Gasteiger partial charge in [-0.15, -0.1) is 0 Å². The van der Waals surface area contributed by atoms with Crippen LogP contribution in [-0.4, -0.2) is 11.3 Å². The van der Waals surface area contributed by atoms with Crippen LogP contribution in [0.4, 0.5) is 0 Å². The number of rotatable bonds is 7. The van der Waals surface area contributed by atoms with Gasteiger partial charge in [-0.05, 0) is 37.8 Å². The van der Waals surface area contributed by atoms with Gasteiger partial charge in [-0.1, -0.05) is 43.7 Å². The van der Waals surface area contributed by atoms with Crippen molar-refractivity contribution in [1.29, 1.82) is 0 Å². The lowest BCUT2D eigenvalue weighted by atomic mass is 10.1. The summed E-state index contributed by atoms with van der Waals surface area (Å²) in [6.45, 7) is 8.18. The van der Waals surface area contributed by atoms with Crippen molar-refractivity contribution in [2.75, 3.05) is 0 Å². The van der Waals surface area contributed by atoms with Crippen LogP contribution in [0.3, 0.4) is 0 Å². The molecule has 0 aliphatic rings. The molecular weight excluding hydrogens is 326 g/mol. The highest BCUT2D eigenvalue weighted by molar-refractivity contribution is 5.59. The van der Waals surface area contributed by atoms with E-state index in [1.54, 1.807) is 0 Å². The molecule has 3 rings (SSSR count). The van der Waals surface area contributed by atoms with Crippen LogP contribution in [0.2, 0.25) is 0 Å². The van der Waals surface area contributed by atoms with Gasteiger partial charge in [-0.2, -0.15) is 0 Å². The number of aryl methyl sites for hydroxylation is 4. The molecule has 0 spiro atoms. The number of hydrogen-bond donors (Lipinski definition) is 0. The van der Waals surface area contributed by atoms with Crippen molar-refractivity contribution in [3.8, 4) is 11.3 Å². The van der Waals surface area contributed by atoms with Crippen LogP contribution in [0.25, 0.3) is 11.3 Å². The maximum atomic E-state index is 10.8. The lowest BCUT2D eigenvalue weighted by Crippen LogP contribution is -1.95. The van der Waals surface area contributed by atoms with E-state index in [-0.39, 0.29) is 12.3 Å². The Labute approximate surface area is 154 Å². The number of aldehydes is 1. The molecule has 0 fully saturated rings. The number of benzene rings is 1. The lowest BCUT2D eigenvalue weighted by Gasteiger charge is -1.99. The predicted octanol–water partition coefficient (Wildman–Crippen LogP) is 5.20. The quantitative estimate of drug-likeness (QED) is 0.549. The molecule has 4 nitrogen and oxygen atoms in total. The fourth-order valence-corrected chi connectivity index (χ4v) is 3.06. The van der Waals surface area contributed by atoms with Gasteiger partial charge < -0.3 is 13.6 Å². The maximum absolute atomic E-state index is 10.8. The molecule has 0 aliphatic carbocycles. The molecule has 0 amide bonds. The average Bonchev–Trinajstić information content (AvgIpc) is 3.18. The Morgan fingerprint density at radius 2 is 1.81 bits per heavy atom. The average molecular weight is 351 g/mol. The van der Waals surface area contributed by atoms with E-state index in [0.717, 1.165) is 41.0 Å². The van der Waals surface area contributed by atoms with E-state index in [1.165, 1.54) is 5.56 Å². The monoisotopic (exact) mass is 351 g/mol. The highest BCUT2D eigenvalue weighted by Gasteiger charge is 2.17. The predicted molar refractivity (Wildman–Crippen MR) is 101 cm³/mol. The minimum atomic E-state index is 0.242. The van der Waals surface area contributed by atoms with Gasteiger partial charge in [-0.25, -0.2) is 4.98 Å². The summed E-state index contributed by atoms with van der Waals surface area (Å²) in [5.41, 5.74) is 4.35. The molecule has 0 bridgehead atoms. The molecule has 4 heteroatoms. The van der Waals surface area contributed by atoms with Crippen LogP contribution in [0.1, 0.15) is 54.0 Å². The van der Waals surface area contributed by atoms with Crippen molar-refractivity contribution < 1.29 is 13.6 Å². The first-order valence-electron chi connectivity index (χ1n) is 9.06. The number of hydrogen-bond acceptors (Lipinski definition) is 4. The largest absolute Gasteiger partial charge is 0.461 e. The van der Waals surface area contributed by atoms with Crippen LogP contribution in [0, 0.1) is 13.8 Å². The summed E-state index contributed by atoms with van der Waals surface area (Å²) in [5, 5.41) is 0. The van der Waals surface area contributed by atoms with Crippen molar-refractivity contribution in [1.82, 2.24) is 4.98 Å². The standard InChI is InChI=1S/C22H25NO3/c1-14(2)22-19(11-12-24)26-21(23-22)10-9-18-13-20(25-16(18)4)17-7-5-15(3)6-8-17/h5-8,12-14H,9-11H2,1-4H3. The normalized spacial score (nSPS) is 11.3. The van der Waals surface area contributed by atoms with Crippen LogP contribution in [0.5, 0.6) is 0 Å². The summed E-state index contributed by atoms with van der Waals surface area (Å²) in [4.78, 5) is 15.4. The molecule has 2 heterocycles. The fraction of sp³-hybridized carbons (Fsp3) is 0.364. The summed E-state index contributed by atoms with van der Waals surface area (Å²) in [6.07, 6.45) is 2.62. The minimum Gasteiger partial charge on any atom is -0.461 e. The SMILES string of the molecule is Cc1ccc(-c2cc(CCc3nc(C(C)C)c(CC=O)o3)c(C)o2)cc1. The highest BCUT2D eigenvalue weighted by Crippen LogP contribution is 2.27. The third-order valence-corrected chi connectivity index (χ3v) is 4.55. The molecule has 0 atom stereocenters. The second-order valence-electron chi connectivity index (χ2n) is 7.00. The zero-order valence-electron chi connectivity index (χ0n) is 15.8. The van der Waals surface area contributed by atoms with Gasteiger partial charge in [0.15, 0.2) is 5.89 Å². The number of nitrogens with zero attached hydrogens (tertiary/aromatic N) is 1. The van der Waals surface area contributed by atoms with Crippen molar-refractivity contribution >= 4 is 6.29 Å². The molecule has 0 saturated carbocycles. The number of oxazole rings is 1. The summed E-state index contributed by atoms with van der Waals surface area (Å²) >= 11 is 0. The van der Waals surface area contributed by atoms with Gasteiger partial charge >= 0.3 is 0 Å². The first kappa shape index (κ1) is 18.2. The zero-order valence-corrected chi connectivity index (χ0v) is 15.8. The smallest absolute Gasteiger partial charge is 0.194 e. The van der Waals surface area contributed by atoms with Crippen molar-refractivity contribution in [3.63, 3.8) is 0 Å². The molecule has 0 unspecified atom stereocenters. The zero-order chi connectivity index (χ0) is 18.7. The minimum absolute atomic E-state index is 0.242. The third kappa shape index (κ3) is 3.96. The third-order valence-electron chi connectivity index (χ3n) is 4.55. The van der Waals surface area contributed by atoms with E-state index >= 15 is 0 Å². The summed E-state index contributed by atoms with van der Waals surface area (Å²) in [7, 11) is 0. The molecule has 1 aromatic carbocycles. The maximum Gasteiger partial charge on any atom is 0.194 e. The first-order chi connectivity index (χ1) is 12.5. The lowest BCUT2D eigenvalue weighted by molar-refractivity contribution is -0.107. The summed E-state index contributed by atoms with van der Waals surface area (Å²) in [5.74, 6) is 3.42. The van der Waals surface area contributed by atoms with Crippen LogP contribution < -0.4 is 0 Å².